The largest absolute Gasteiger partial charge is 0.382 e. The number of nitrogens with one attached hydrogen (secondary N) is 2. The molecule has 2 aromatic heterocycles. The molecule has 2 amide bonds. The van der Waals surface area contributed by atoms with Crippen molar-refractivity contribution in [3.8, 4) is 0 Å². The molecule has 4 rings (SSSR count). The van der Waals surface area contributed by atoms with Gasteiger partial charge in [0, 0.05) is 39.5 Å². The molecule has 2 N–H and O–H groups in total. The Balaban J connectivity index is 1.41. The Morgan fingerprint density at radius 2 is 1.92 bits per heavy atom. The van der Waals surface area contributed by atoms with Crippen molar-refractivity contribution in [2.75, 3.05) is 18.5 Å². The number of fused-ring (bicyclic) bond motifs is 1. The zero-order valence-corrected chi connectivity index (χ0v) is 21.2. The summed E-state index contributed by atoms with van der Waals surface area (Å²) in [6.45, 7) is 5.50. The Morgan fingerprint density at radius 3 is 2.67 bits per heavy atom. The molecule has 0 radical (unpaired) electrons. The number of hydrogen-bond donors (Lipinski definition) is 2. The van der Waals surface area contributed by atoms with Crippen LogP contribution in [0.5, 0.6) is 0 Å². The SMILES string of the molecule is CCOCCCn1c(NC(=O)CCc2nc(C3(NC(C)=O)CCCCCC3)no2)nc2ccccc21. The molecule has 10 heteroatoms. The summed E-state index contributed by atoms with van der Waals surface area (Å²) in [5.41, 5.74) is 1.20. The first kappa shape index (κ1) is 25.8. The molecule has 1 saturated carbocycles. The van der Waals surface area contributed by atoms with E-state index in [1.807, 2.05) is 35.8 Å². The highest BCUT2D eigenvalue weighted by Gasteiger charge is 2.38. The molecule has 1 aromatic carbocycles. The Labute approximate surface area is 211 Å². The summed E-state index contributed by atoms with van der Waals surface area (Å²) in [5.74, 6) is 1.13. The van der Waals surface area contributed by atoms with Crippen LogP contribution in [0.4, 0.5) is 5.95 Å². The van der Waals surface area contributed by atoms with E-state index in [0.717, 1.165) is 56.0 Å². The third-order valence-electron chi connectivity index (χ3n) is 6.61. The van der Waals surface area contributed by atoms with Crippen LogP contribution in [0, 0.1) is 0 Å². The van der Waals surface area contributed by atoms with Gasteiger partial charge < -0.3 is 19.1 Å². The number of carbonyl (C=O) groups is 2. The second kappa shape index (κ2) is 12.1. The van der Waals surface area contributed by atoms with Crippen LogP contribution in [0.15, 0.2) is 28.8 Å². The van der Waals surface area contributed by atoms with Gasteiger partial charge in [-0.05, 0) is 38.3 Å². The lowest BCUT2D eigenvalue weighted by atomic mass is 9.89. The molecule has 0 atom stereocenters. The van der Waals surface area contributed by atoms with Crippen LogP contribution in [0.3, 0.4) is 0 Å². The zero-order chi connectivity index (χ0) is 25.4. The maximum Gasteiger partial charge on any atom is 0.227 e. The summed E-state index contributed by atoms with van der Waals surface area (Å²) in [4.78, 5) is 33.9. The minimum atomic E-state index is -0.599. The minimum Gasteiger partial charge on any atom is -0.382 e. The summed E-state index contributed by atoms with van der Waals surface area (Å²) in [7, 11) is 0. The molecule has 36 heavy (non-hydrogen) atoms. The summed E-state index contributed by atoms with van der Waals surface area (Å²) in [6.07, 6.45) is 7.12. The Hall–Kier alpha value is -3.27. The number of carbonyl (C=O) groups excluding carboxylic acids is 2. The fourth-order valence-electron chi connectivity index (χ4n) is 4.90. The van der Waals surface area contributed by atoms with Crippen molar-refractivity contribution in [2.24, 2.45) is 0 Å². The summed E-state index contributed by atoms with van der Waals surface area (Å²) >= 11 is 0. The first-order valence-corrected chi connectivity index (χ1v) is 13.0. The van der Waals surface area contributed by atoms with Crippen LogP contribution in [0.25, 0.3) is 11.0 Å². The number of aromatic nitrogens is 4. The number of amides is 2. The van der Waals surface area contributed by atoms with E-state index in [1.54, 1.807) is 0 Å². The zero-order valence-electron chi connectivity index (χ0n) is 21.2. The number of benzene rings is 1. The van der Waals surface area contributed by atoms with Gasteiger partial charge >= 0.3 is 0 Å². The molecule has 3 aromatic rings. The molecule has 0 spiro atoms. The molecule has 1 aliphatic rings. The Bertz CT molecular complexity index is 1160. The topological polar surface area (TPSA) is 124 Å². The standard InChI is InChI=1S/C26H36N6O4/c1-3-35-18-10-17-32-21-12-7-6-11-20(21)27-25(32)28-22(34)13-14-23-29-24(31-36-23)26(30-19(2)33)15-8-4-5-9-16-26/h6-7,11-12H,3-5,8-10,13-18H2,1-2H3,(H,30,33)(H,27,28,34). The highest BCUT2D eigenvalue weighted by molar-refractivity contribution is 5.91. The summed E-state index contributed by atoms with van der Waals surface area (Å²) < 4.78 is 13.0. The van der Waals surface area contributed by atoms with Crippen LogP contribution >= 0.6 is 0 Å². The van der Waals surface area contributed by atoms with Gasteiger partial charge in [0.25, 0.3) is 0 Å². The molecule has 0 aliphatic heterocycles. The first-order chi connectivity index (χ1) is 17.5. The number of anilines is 1. The molecule has 10 nitrogen and oxygen atoms in total. The molecular weight excluding hydrogens is 460 g/mol. The third kappa shape index (κ3) is 6.29. The fourth-order valence-corrected chi connectivity index (χ4v) is 4.90. The first-order valence-electron chi connectivity index (χ1n) is 13.0. The monoisotopic (exact) mass is 496 g/mol. The van der Waals surface area contributed by atoms with Crippen molar-refractivity contribution < 1.29 is 18.8 Å². The van der Waals surface area contributed by atoms with E-state index in [1.165, 1.54) is 6.92 Å². The third-order valence-corrected chi connectivity index (χ3v) is 6.61. The molecule has 0 unspecified atom stereocenters. The lowest BCUT2D eigenvalue weighted by Gasteiger charge is -2.30. The maximum atomic E-state index is 12.8. The van der Waals surface area contributed by atoms with E-state index in [4.69, 9.17) is 9.26 Å². The van der Waals surface area contributed by atoms with Crippen molar-refractivity contribution in [3.63, 3.8) is 0 Å². The highest BCUT2D eigenvalue weighted by atomic mass is 16.5. The Morgan fingerprint density at radius 1 is 1.14 bits per heavy atom. The van der Waals surface area contributed by atoms with Crippen molar-refractivity contribution in [1.29, 1.82) is 0 Å². The number of nitrogens with zero attached hydrogens (tertiary/aromatic N) is 4. The van der Waals surface area contributed by atoms with Gasteiger partial charge in [-0.15, -0.1) is 0 Å². The number of rotatable bonds is 11. The van der Waals surface area contributed by atoms with Gasteiger partial charge in [-0.3, -0.25) is 14.9 Å². The summed E-state index contributed by atoms with van der Waals surface area (Å²) in [5, 5.41) is 10.2. The van der Waals surface area contributed by atoms with Crippen LogP contribution < -0.4 is 10.6 Å². The van der Waals surface area contributed by atoms with E-state index in [2.05, 4.69) is 25.8 Å². The maximum absolute atomic E-state index is 12.8. The molecule has 1 aliphatic carbocycles. The predicted molar refractivity (Wildman–Crippen MR) is 135 cm³/mol. The van der Waals surface area contributed by atoms with E-state index in [-0.39, 0.29) is 18.2 Å². The molecule has 2 heterocycles. The smallest absolute Gasteiger partial charge is 0.227 e. The molecular formula is C26H36N6O4. The van der Waals surface area contributed by atoms with Crippen molar-refractivity contribution >= 4 is 28.8 Å². The van der Waals surface area contributed by atoms with E-state index in [9.17, 15) is 9.59 Å². The van der Waals surface area contributed by atoms with Gasteiger partial charge in [-0.25, -0.2) is 4.98 Å². The van der Waals surface area contributed by atoms with Crippen LogP contribution in [-0.2, 0) is 32.8 Å². The number of para-hydroxylation sites is 2. The van der Waals surface area contributed by atoms with Crippen LogP contribution in [0.2, 0.25) is 0 Å². The van der Waals surface area contributed by atoms with E-state index >= 15 is 0 Å². The van der Waals surface area contributed by atoms with Crippen LogP contribution in [-0.4, -0.2) is 44.7 Å². The molecule has 0 saturated heterocycles. The van der Waals surface area contributed by atoms with E-state index < -0.39 is 5.54 Å². The number of aryl methyl sites for hydroxylation is 2. The normalized spacial score (nSPS) is 15.5. The average molecular weight is 497 g/mol. The number of imidazole rings is 1. The van der Waals surface area contributed by atoms with Gasteiger partial charge in [0.1, 0.15) is 5.54 Å². The lowest BCUT2D eigenvalue weighted by molar-refractivity contribution is -0.121. The van der Waals surface area contributed by atoms with E-state index in [0.29, 0.717) is 43.8 Å². The average Bonchev–Trinajstić information content (AvgIpc) is 3.39. The second-order valence-corrected chi connectivity index (χ2v) is 9.36. The highest BCUT2D eigenvalue weighted by Crippen LogP contribution is 2.34. The summed E-state index contributed by atoms with van der Waals surface area (Å²) in [6, 6.07) is 7.82. The number of ether oxygens (including phenoxy) is 1. The molecule has 194 valence electrons. The Kier molecular flexibility index (Phi) is 8.69. The predicted octanol–water partition coefficient (Wildman–Crippen LogP) is 4.10. The van der Waals surface area contributed by atoms with Gasteiger partial charge in [0.2, 0.25) is 23.7 Å². The minimum absolute atomic E-state index is 0.105. The number of hydrogen-bond acceptors (Lipinski definition) is 7. The lowest BCUT2D eigenvalue weighted by Crippen LogP contribution is -2.45. The van der Waals surface area contributed by atoms with Crippen LogP contribution in [0.1, 0.15) is 76.9 Å². The quantitative estimate of drug-likeness (QED) is 0.302. The molecule has 0 bridgehead atoms. The second-order valence-electron chi connectivity index (χ2n) is 9.36. The van der Waals surface area contributed by atoms with Gasteiger partial charge in [0.05, 0.1) is 11.0 Å². The van der Waals surface area contributed by atoms with Crippen molar-refractivity contribution in [1.82, 2.24) is 25.0 Å². The molecule has 1 fully saturated rings. The van der Waals surface area contributed by atoms with Crippen molar-refractivity contribution in [2.45, 2.75) is 83.7 Å². The van der Waals surface area contributed by atoms with Gasteiger partial charge in [0.15, 0.2) is 5.82 Å². The van der Waals surface area contributed by atoms with Gasteiger partial charge in [-0.2, -0.15) is 4.98 Å². The van der Waals surface area contributed by atoms with Crippen molar-refractivity contribution in [3.05, 3.63) is 36.0 Å². The fraction of sp³-hybridized carbons (Fsp3) is 0.577. The van der Waals surface area contributed by atoms with Gasteiger partial charge in [-0.1, -0.05) is 43.0 Å².